The maximum Gasteiger partial charge on any atom is 0.324 e. The molecule has 0 unspecified atom stereocenters. The molecule has 8 nitrogen and oxygen atoms in total. The van der Waals surface area contributed by atoms with Crippen LogP contribution in [0.25, 0.3) is 10.2 Å². The van der Waals surface area contributed by atoms with Gasteiger partial charge in [0.05, 0.1) is 26.2 Å². The summed E-state index contributed by atoms with van der Waals surface area (Å²) in [5.74, 6) is -0.215. The largest absolute Gasteiger partial charge is 0.334 e. The Morgan fingerprint density at radius 3 is 2.68 bits per heavy atom. The average Bonchev–Trinajstić information content (AvgIpc) is 3.08. The fraction of sp³-hybridized carbons (Fsp3) is 0.211. The van der Waals surface area contributed by atoms with Crippen LogP contribution in [-0.2, 0) is 17.8 Å². The predicted octanol–water partition coefficient (Wildman–Crippen LogP) is 3.26. The summed E-state index contributed by atoms with van der Waals surface area (Å²) in [5, 5.41) is 14.3. The minimum atomic E-state index is -0.478. The summed E-state index contributed by atoms with van der Waals surface area (Å²) < 4.78 is 1.08. The number of nitro benzene ring substituents is 1. The molecule has 1 saturated heterocycles. The number of hydrogen-bond donors (Lipinski definition) is 1. The van der Waals surface area contributed by atoms with Gasteiger partial charge in [0.15, 0.2) is 0 Å². The lowest BCUT2D eigenvalue weighted by Gasteiger charge is -2.38. The van der Waals surface area contributed by atoms with Crippen molar-refractivity contribution >= 4 is 39.2 Å². The van der Waals surface area contributed by atoms with Crippen LogP contribution in [0.5, 0.6) is 0 Å². The highest BCUT2D eigenvalue weighted by atomic mass is 32.1. The van der Waals surface area contributed by atoms with E-state index in [0.29, 0.717) is 12.8 Å². The Hall–Kier alpha value is -3.33. The van der Waals surface area contributed by atoms with Crippen molar-refractivity contribution in [2.24, 2.45) is 0 Å². The van der Waals surface area contributed by atoms with E-state index < -0.39 is 11.0 Å². The zero-order valence-electron chi connectivity index (χ0n) is 14.7. The number of aromatic nitrogens is 1. The van der Waals surface area contributed by atoms with E-state index in [1.165, 1.54) is 17.0 Å². The zero-order valence-corrected chi connectivity index (χ0v) is 15.5. The van der Waals surface area contributed by atoms with Gasteiger partial charge in [0.1, 0.15) is 0 Å². The number of para-hydroxylation sites is 1. The van der Waals surface area contributed by atoms with Crippen molar-refractivity contribution < 1.29 is 14.5 Å². The fourth-order valence-corrected chi connectivity index (χ4v) is 4.17. The Labute approximate surface area is 163 Å². The summed E-state index contributed by atoms with van der Waals surface area (Å²) in [6.45, 7) is 0.189. The number of imide groups is 1. The number of hydrogen-bond acceptors (Lipinski definition) is 6. The molecule has 9 heteroatoms. The number of carbonyl (C=O) groups is 2. The minimum Gasteiger partial charge on any atom is -0.334 e. The highest BCUT2D eigenvalue weighted by Gasteiger charge is 2.41. The lowest BCUT2D eigenvalue weighted by Crippen LogP contribution is -2.59. The van der Waals surface area contributed by atoms with E-state index in [4.69, 9.17) is 0 Å². The Morgan fingerprint density at radius 1 is 1.25 bits per heavy atom. The number of amides is 3. The van der Waals surface area contributed by atoms with Gasteiger partial charge < -0.3 is 5.32 Å². The van der Waals surface area contributed by atoms with E-state index in [9.17, 15) is 19.7 Å². The second kappa shape index (κ2) is 7.35. The highest BCUT2D eigenvalue weighted by molar-refractivity contribution is 7.18. The molecule has 2 heterocycles. The number of nitrogens with zero attached hydrogens (tertiary/aromatic N) is 3. The van der Waals surface area contributed by atoms with Crippen molar-refractivity contribution in [3.05, 3.63) is 69.2 Å². The predicted molar refractivity (Wildman–Crippen MR) is 104 cm³/mol. The highest BCUT2D eigenvalue weighted by Crippen LogP contribution is 2.28. The van der Waals surface area contributed by atoms with E-state index >= 15 is 0 Å². The summed E-state index contributed by atoms with van der Waals surface area (Å²) in [5.41, 5.74) is 1.63. The Morgan fingerprint density at radius 2 is 2.00 bits per heavy atom. The van der Waals surface area contributed by atoms with Crippen molar-refractivity contribution in [2.75, 3.05) is 0 Å². The number of likely N-dealkylation sites (tertiary alicyclic amines) is 1. The molecular formula is C19H16N4O4S. The van der Waals surface area contributed by atoms with Crippen molar-refractivity contribution in [3.63, 3.8) is 0 Å². The maximum absolute atomic E-state index is 12.4. The molecule has 0 spiro atoms. The van der Waals surface area contributed by atoms with E-state index in [2.05, 4.69) is 10.3 Å². The summed E-state index contributed by atoms with van der Waals surface area (Å²) in [7, 11) is 0. The van der Waals surface area contributed by atoms with Crippen LogP contribution >= 0.6 is 11.3 Å². The van der Waals surface area contributed by atoms with Gasteiger partial charge in [-0.15, -0.1) is 11.3 Å². The third kappa shape index (κ3) is 3.56. The molecular weight excluding hydrogens is 380 g/mol. The van der Waals surface area contributed by atoms with Crippen molar-refractivity contribution in [2.45, 2.75) is 25.4 Å². The van der Waals surface area contributed by atoms with Crippen LogP contribution in [-0.4, -0.2) is 32.8 Å². The molecule has 4 rings (SSSR count). The van der Waals surface area contributed by atoms with Crippen LogP contribution in [0.4, 0.5) is 10.5 Å². The number of carbonyl (C=O) groups excluding carboxylic acids is 2. The number of benzene rings is 2. The summed E-state index contributed by atoms with van der Waals surface area (Å²) >= 11 is 1.57. The van der Waals surface area contributed by atoms with Gasteiger partial charge in [0.2, 0.25) is 5.91 Å². The van der Waals surface area contributed by atoms with E-state index in [1.54, 1.807) is 23.5 Å². The summed E-state index contributed by atoms with van der Waals surface area (Å²) in [6, 6.07) is 13.1. The smallest absolute Gasteiger partial charge is 0.324 e. The molecule has 1 fully saturated rings. The van der Waals surface area contributed by atoms with Crippen molar-refractivity contribution in [1.82, 2.24) is 15.2 Å². The van der Waals surface area contributed by atoms with Crippen molar-refractivity contribution in [1.29, 1.82) is 0 Å². The molecule has 1 aliphatic heterocycles. The van der Waals surface area contributed by atoms with Gasteiger partial charge in [-0.05, 0) is 17.7 Å². The molecule has 0 bridgehead atoms. The lowest BCUT2D eigenvalue weighted by molar-refractivity contribution is -0.384. The van der Waals surface area contributed by atoms with Crippen molar-refractivity contribution in [3.8, 4) is 0 Å². The van der Waals surface area contributed by atoms with Gasteiger partial charge in [-0.2, -0.15) is 0 Å². The van der Waals surface area contributed by atoms with Crippen LogP contribution in [0.2, 0.25) is 0 Å². The topological polar surface area (TPSA) is 105 Å². The standard InChI is InChI=1S/C19H16N4O4S/c24-18-10-14(9-17-21-15-3-1-2-4-16(15)28-17)22(18)19(25)20-11-12-5-7-13(8-6-12)23(26)27/h1-8,14H,9-11H2,(H,20,25)/t14-/m0/s1. The monoisotopic (exact) mass is 396 g/mol. The molecule has 0 aliphatic carbocycles. The Bertz CT molecular complexity index is 1030. The number of thiazole rings is 1. The first-order valence-corrected chi connectivity index (χ1v) is 9.50. The number of fused-ring (bicyclic) bond motifs is 1. The molecule has 142 valence electrons. The molecule has 0 saturated carbocycles. The molecule has 1 aliphatic rings. The number of non-ortho nitro benzene ring substituents is 1. The molecule has 28 heavy (non-hydrogen) atoms. The van der Waals surface area contributed by atoms with E-state index in [-0.39, 0.29) is 24.2 Å². The summed E-state index contributed by atoms with van der Waals surface area (Å²) in [6.07, 6.45) is 0.858. The maximum atomic E-state index is 12.4. The normalized spacial score (nSPS) is 16.1. The molecule has 3 aromatic rings. The van der Waals surface area contributed by atoms with Gasteiger partial charge in [0.25, 0.3) is 5.69 Å². The third-order valence-electron chi connectivity index (χ3n) is 4.60. The Balaban J connectivity index is 1.37. The van der Waals surface area contributed by atoms with Gasteiger partial charge >= 0.3 is 6.03 Å². The van der Waals surface area contributed by atoms with Crippen LogP contribution in [0, 0.1) is 10.1 Å². The molecule has 1 atom stereocenters. The second-order valence-corrected chi connectivity index (χ2v) is 7.60. The van der Waals surface area contributed by atoms with E-state index in [1.807, 2.05) is 24.3 Å². The molecule has 0 radical (unpaired) electrons. The Kier molecular flexibility index (Phi) is 4.74. The first-order chi connectivity index (χ1) is 13.5. The molecule has 3 amide bonds. The number of urea groups is 1. The van der Waals surface area contributed by atoms with Gasteiger partial charge in [-0.25, -0.2) is 9.78 Å². The second-order valence-electron chi connectivity index (χ2n) is 6.48. The fourth-order valence-electron chi connectivity index (χ4n) is 3.13. The summed E-state index contributed by atoms with van der Waals surface area (Å²) in [4.78, 5) is 40.4. The molecule has 1 N–H and O–H groups in total. The number of nitro groups is 1. The lowest BCUT2D eigenvalue weighted by atomic mass is 9.99. The van der Waals surface area contributed by atoms with Gasteiger partial charge in [-0.3, -0.25) is 19.8 Å². The third-order valence-corrected chi connectivity index (χ3v) is 5.66. The average molecular weight is 396 g/mol. The number of nitrogens with one attached hydrogen (secondary N) is 1. The minimum absolute atomic E-state index is 0.0103. The van der Waals surface area contributed by atoms with Crippen LogP contribution < -0.4 is 5.32 Å². The van der Waals surface area contributed by atoms with Gasteiger partial charge in [0, 0.05) is 31.5 Å². The van der Waals surface area contributed by atoms with Crippen LogP contribution in [0.15, 0.2) is 48.5 Å². The molecule has 1 aromatic heterocycles. The quantitative estimate of drug-likeness (QED) is 0.405. The SMILES string of the molecule is O=C1C[C@H](Cc2nc3ccccc3s2)N1C(=O)NCc1ccc([N+](=O)[O-])cc1. The van der Waals surface area contributed by atoms with E-state index in [0.717, 1.165) is 20.8 Å². The van der Waals surface area contributed by atoms with Crippen LogP contribution in [0.3, 0.4) is 0 Å². The molecule has 2 aromatic carbocycles. The first-order valence-electron chi connectivity index (χ1n) is 8.69. The first kappa shape index (κ1) is 18.1. The van der Waals surface area contributed by atoms with Crippen LogP contribution in [0.1, 0.15) is 17.0 Å². The van der Waals surface area contributed by atoms with Gasteiger partial charge in [-0.1, -0.05) is 24.3 Å². The number of rotatable bonds is 5. The number of β-lactam (4-membered cyclic amide) rings is 1. The zero-order chi connectivity index (χ0) is 19.7.